The second kappa shape index (κ2) is 7.64. The summed E-state index contributed by atoms with van der Waals surface area (Å²) in [5.41, 5.74) is 3.04. The Bertz CT molecular complexity index is 598. The minimum Gasteiger partial charge on any atom is -0.508 e. The number of nitrogens with zero attached hydrogens (tertiary/aromatic N) is 1. The first kappa shape index (κ1) is 16.1. The van der Waals surface area contributed by atoms with Gasteiger partial charge in [-0.15, -0.1) is 0 Å². The second-order valence-electron chi connectivity index (χ2n) is 5.31. The molecule has 2 aromatic carbocycles. The number of Topliss-reactive ketones (excluding diaryl/α,β-unsaturated/α-hetero) is 1. The van der Waals surface area contributed by atoms with Crippen LogP contribution in [0, 0.1) is 0 Å². The van der Waals surface area contributed by atoms with E-state index in [4.69, 9.17) is 0 Å². The molecule has 0 amide bonds. The van der Waals surface area contributed by atoms with Crippen molar-refractivity contribution in [2.75, 3.05) is 18.0 Å². The van der Waals surface area contributed by atoms with Gasteiger partial charge in [0.05, 0.1) is 0 Å². The van der Waals surface area contributed by atoms with Crippen LogP contribution in [0.25, 0.3) is 0 Å². The summed E-state index contributed by atoms with van der Waals surface area (Å²) < 4.78 is 0. The van der Waals surface area contributed by atoms with Crippen molar-refractivity contribution in [1.82, 2.24) is 0 Å². The molecule has 0 aromatic heterocycles. The Hall–Kier alpha value is -2.29. The van der Waals surface area contributed by atoms with Crippen LogP contribution in [0.1, 0.15) is 36.2 Å². The Balaban J connectivity index is 1.94. The number of rotatable bonds is 7. The maximum absolute atomic E-state index is 12.1. The normalized spacial score (nSPS) is 10.5. The second-order valence-corrected chi connectivity index (χ2v) is 5.31. The number of aryl methyl sites for hydroxylation is 1. The molecule has 3 nitrogen and oxygen atoms in total. The van der Waals surface area contributed by atoms with Crippen molar-refractivity contribution in [3.63, 3.8) is 0 Å². The standard InChI is InChI=1S/C19H23NO2/c1-3-20(4-2)17-10-5-15(6-11-17)7-14-19(22)16-8-12-18(21)13-9-16/h5-6,8-13,21H,3-4,7,14H2,1-2H3. The maximum atomic E-state index is 12.1. The van der Waals surface area contributed by atoms with Gasteiger partial charge >= 0.3 is 0 Å². The molecule has 2 aromatic rings. The Morgan fingerprint density at radius 3 is 2.09 bits per heavy atom. The summed E-state index contributed by atoms with van der Waals surface area (Å²) in [6, 6.07) is 14.9. The first-order chi connectivity index (χ1) is 10.6. The van der Waals surface area contributed by atoms with E-state index in [-0.39, 0.29) is 11.5 Å². The largest absolute Gasteiger partial charge is 0.508 e. The zero-order valence-electron chi connectivity index (χ0n) is 13.2. The summed E-state index contributed by atoms with van der Waals surface area (Å²) in [5, 5.41) is 9.24. The molecule has 0 fully saturated rings. The summed E-state index contributed by atoms with van der Waals surface area (Å²) in [6.07, 6.45) is 1.22. The van der Waals surface area contributed by atoms with E-state index in [9.17, 15) is 9.90 Å². The molecule has 0 atom stereocenters. The van der Waals surface area contributed by atoms with Crippen molar-refractivity contribution in [3.8, 4) is 5.75 Å². The van der Waals surface area contributed by atoms with Crippen molar-refractivity contribution in [2.45, 2.75) is 26.7 Å². The predicted octanol–water partition coefficient (Wildman–Crippen LogP) is 4.05. The number of hydrogen-bond donors (Lipinski definition) is 1. The van der Waals surface area contributed by atoms with Gasteiger partial charge in [0.1, 0.15) is 5.75 Å². The van der Waals surface area contributed by atoms with Gasteiger partial charge in [-0.2, -0.15) is 0 Å². The molecule has 0 heterocycles. The van der Waals surface area contributed by atoms with Gasteiger partial charge in [-0.05, 0) is 62.2 Å². The van der Waals surface area contributed by atoms with Crippen molar-refractivity contribution in [1.29, 1.82) is 0 Å². The number of phenols is 1. The molecule has 0 spiro atoms. The van der Waals surface area contributed by atoms with Crippen molar-refractivity contribution < 1.29 is 9.90 Å². The van der Waals surface area contributed by atoms with E-state index in [0.717, 1.165) is 19.5 Å². The molecule has 0 unspecified atom stereocenters. The lowest BCUT2D eigenvalue weighted by Gasteiger charge is -2.21. The molecule has 3 heteroatoms. The summed E-state index contributed by atoms with van der Waals surface area (Å²) in [4.78, 5) is 14.4. The van der Waals surface area contributed by atoms with E-state index in [1.807, 2.05) is 0 Å². The van der Waals surface area contributed by atoms with Gasteiger partial charge in [-0.25, -0.2) is 0 Å². The minimum atomic E-state index is 0.104. The molecular formula is C19H23NO2. The third-order valence-electron chi connectivity index (χ3n) is 3.89. The van der Waals surface area contributed by atoms with Gasteiger partial charge in [0, 0.05) is 30.8 Å². The number of aromatic hydroxyl groups is 1. The maximum Gasteiger partial charge on any atom is 0.163 e. The van der Waals surface area contributed by atoms with E-state index in [1.165, 1.54) is 11.3 Å². The molecular weight excluding hydrogens is 274 g/mol. The van der Waals surface area contributed by atoms with Gasteiger partial charge in [0.25, 0.3) is 0 Å². The molecule has 0 saturated heterocycles. The molecule has 0 bridgehead atoms. The van der Waals surface area contributed by atoms with Crippen molar-refractivity contribution in [3.05, 3.63) is 59.7 Å². The van der Waals surface area contributed by atoms with Gasteiger partial charge in [-0.3, -0.25) is 4.79 Å². The smallest absolute Gasteiger partial charge is 0.163 e. The fourth-order valence-corrected chi connectivity index (χ4v) is 2.51. The number of benzene rings is 2. The number of anilines is 1. The lowest BCUT2D eigenvalue weighted by Crippen LogP contribution is -2.21. The van der Waals surface area contributed by atoms with Gasteiger partial charge in [-0.1, -0.05) is 12.1 Å². The van der Waals surface area contributed by atoms with Crippen LogP contribution in [-0.2, 0) is 6.42 Å². The monoisotopic (exact) mass is 297 g/mol. The molecule has 0 aliphatic rings. The summed E-state index contributed by atoms with van der Waals surface area (Å²) in [5.74, 6) is 0.288. The third kappa shape index (κ3) is 4.10. The Morgan fingerprint density at radius 1 is 0.955 bits per heavy atom. The van der Waals surface area contributed by atoms with E-state index in [1.54, 1.807) is 24.3 Å². The van der Waals surface area contributed by atoms with Crippen LogP contribution >= 0.6 is 0 Å². The lowest BCUT2D eigenvalue weighted by molar-refractivity contribution is 0.0983. The highest BCUT2D eigenvalue weighted by Gasteiger charge is 2.07. The number of ketones is 1. The van der Waals surface area contributed by atoms with Gasteiger partial charge in [0.15, 0.2) is 5.78 Å². The molecule has 0 radical (unpaired) electrons. The Labute approximate surface area is 132 Å². The zero-order valence-corrected chi connectivity index (χ0v) is 13.2. The molecule has 22 heavy (non-hydrogen) atoms. The molecule has 0 saturated carbocycles. The number of carbonyl (C=O) groups excluding carboxylic acids is 1. The van der Waals surface area contributed by atoms with Crippen LogP contribution in [0.4, 0.5) is 5.69 Å². The summed E-state index contributed by atoms with van der Waals surface area (Å²) in [6.45, 7) is 6.28. The predicted molar refractivity (Wildman–Crippen MR) is 90.8 cm³/mol. The average molecular weight is 297 g/mol. The van der Waals surface area contributed by atoms with E-state index in [0.29, 0.717) is 12.0 Å². The van der Waals surface area contributed by atoms with Crippen LogP contribution in [0.5, 0.6) is 5.75 Å². The molecule has 2 rings (SSSR count). The molecule has 116 valence electrons. The fraction of sp³-hybridized carbons (Fsp3) is 0.316. The topological polar surface area (TPSA) is 40.5 Å². The fourth-order valence-electron chi connectivity index (χ4n) is 2.51. The highest BCUT2D eigenvalue weighted by atomic mass is 16.3. The van der Waals surface area contributed by atoms with Crippen LogP contribution in [0.2, 0.25) is 0 Å². The van der Waals surface area contributed by atoms with E-state index in [2.05, 4.69) is 43.0 Å². The molecule has 0 aliphatic heterocycles. The molecule has 1 N–H and O–H groups in total. The average Bonchev–Trinajstić information content (AvgIpc) is 2.55. The van der Waals surface area contributed by atoms with Crippen LogP contribution in [0.15, 0.2) is 48.5 Å². The van der Waals surface area contributed by atoms with Gasteiger partial charge < -0.3 is 10.0 Å². The van der Waals surface area contributed by atoms with E-state index < -0.39 is 0 Å². The zero-order chi connectivity index (χ0) is 15.9. The number of hydrogen-bond acceptors (Lipinski definition) is 3. The quantitative estimate of drug-likeness (QED) is 0.784. The Kier molecular flexibility index (Phi) is 5.59. The first-order valence-corrected chi connectivity index (χ1v) is 7.80. The third-order valence-corrected chi connectivity index (χ3v) is 3.89. The van der Waals surface area contributed by atoms with Crippen LogP contribution in [0.3, 0.4) is 0 Å². The van der Waals surface area contributed by atoms with Crippen molar-refractivity contribution in [2.24, 2.45) is 0 Å². The minimum absolute atomic E-state index is 0.104. The molecule has 0 aliphatic carbocycles. The van der Waals surface area contributed by atoms with Crippen LogP contribution < -0.4 is 4.90 Å². The summed E-state index contributed by atoms with van der Waals surface area (Å²) in [7, 11) is 0. The first-order valence-electron chi connectivity index (χ1n) is 7.80. The van der Waals surface area contributed by atoms with Crippen LogP contribution in [-0.4, -0.2) is 24.0 Å². The highest BCUT2D eigenvalue weighted by molar-refractivity contribution is 5.96. The SMILES string of the molecule is CCN(CC)c1ccc(CCC(=O)c2ccc(O)cc2)cc1. The Morgan fingerprint density at radius 2 is 1.55 bits per heavy atom. The summed E-state index contributed by atoms with van der Waals surface area (Å²) >= 11 is 0. The van der Waals surface area contributed by atoms with Crippen molar-refractivity contribution >= 4 is 11.5 Å². The highest BCUT2D eigenvalue weighted by Crippen LogP contribution is 2.17. The number of phenolic OH excluding ortho intramolecular Hbond substituents is 1. The number of carbonyl (C=O) groups is 1. The van der Waals surface area contributed by atoms with E-state index >= 15 is 0 Å². The lowest BCUT2D eigenvalue weighted by atomic mass is 10.0. The van der Waals surface area contributed by atoms with Gasteiger partial charge in [0.2, 0.25) is 0 Å².